The van der Waals surface area contributed by atoms with Crippen molar-refractivity contribution in [1.82, 2.24) is 10.6 Å². The molecule has 106 valence electrons. The maximum Gasteiger partial charge on any atom is 0.239 e. The third-order valence-corrected chi connectivity index (χ3v) is 2.68. The van der Waals surface area contributed by atoms with Crippen LogP contribution in [-0.2, 0) is 4.79 Å². The van der Waals surface area contributed by atoms with E-state index in [1.54, 1.807) is 0 Å². The monoisotopic (exact) mass is 263 g/mol. The van der Waals surface area contributed by atoms with Crippen molar-refractivity contribution in [2.24, 2.45) is 0 Å². The van der Waals surface area contributed by atoms with Crippen molar-refractivity contribution >= 4 is 11.6 Å². The third kappa shape index (κ3) is 6.82. The highest BCUT2D eigenvalue weighted by atomic mass is 16.2. The number of carbonyl (C=O) groups excluding carboxylic acids is 1. The molecule has 0 radical (unpaired) electrons. The van der Waals surface area contributed by atoms with Gasteiger partial charge in [-0.25, -0.2) is 0 Å². The average Bonchev–Trinajstić information content (AvgIpc) is 2.34. The highest BCUT2D eigenvalue weighted by Gasteiger charge is 2.09. The predicted molar refractivity (Wildman–Crippen MR) is 80.5 cm³/mol. The molecule has 0 aliphatic carbocycles. The van der Waals surface area contributed by atoms with Gasteiger partial charge in [-0.2, -0.15) is 0 Å². The van der Waals surface area contributed by atoms with Crippen molar-refractivity contribution in [2.75, 3.05) is 31.6 Å². The molecule has 0 spiro atoms. The number of nitrogens with zero attached hydrogens (tertiary/aromatic N) is 1. The van der Waals surface area contributed by atoms with Crippen molar-refractivity contribution in [3.05, 3.63) is 30.3 Å². The maximum atomic E-state index is 11.8. The van der Waals surface area contributed by atoms with Gasteiger partial charge in [-0.1, -0.05) is 18.2 Å². The van der Waals surface area contributed by atoms with Gasteiger partial charge < -0.3 is 15.5 Å². The molecule has 19 heavy (non-hydrogen) atoms. The average molecular weight is 263 g/mol. The number of amides is 1. The fraction of sp³-hybridized carbons (Fsp3) is 0.533. The third-order valence-electron chi connectivity index (χ3n) is 2.68. The number of para-hydroxylation sites is 1. The van der Waals surface area contributed by atoms with Gasteiger partial charge in [-0.05, 0) is 32.9 Å². The molecule has 0 atom stereocenters. The van der Waals surface area contributed by atoms with E-state index in [1.165, 1.54) is 0 Å². The zero-order chi connectivity index (χ0) is 14.3. The SMILES string of the molecule is CN(CC(=O)NCCNC(C)(C)C)c1ccccc1. The number of anilines is 1. The first-order valence-corrected chi connectivity index (χ1v) is 6.66. The molecule has 1 aromatic carbocycles. The minimum absolute atomic E-state index is 0.0436. The van der Waals surface area contributed by atoms with E-state index in [2.05, 4.69) is 31.4 Å². The highest BCUT2D eigenvalue weighted by molar-refractivity contribution is 5.81. The zero-order valence-electron chi connectivity index (χ0n) is 12.4. The van der Waals surface area contributed by atoms with Crippen LogP contribution in [-0.4, -0.2) is 38.1 Å². The van der Waals surface area contributed by atoms with Crippen LogP contribution in [0.1, 0.15) is 20.8 Å². The summed E-state index contributed by atoms with van der Waals surface area (Å²) in [5, 5.41) is 6.25. The topological polar surface area (TPSA) is 44.4 Å². The minimum Gasteiger partial charge on any atom is -0.365 e. The first-order chi connectivity index (χ1) is 8.88. The fourth-order valence-corrected chi connectivity index (χ4v) is 1.68. The number of carbonyl (C=O) groups is 1. The Labute approximate surface area is 116 Å². The number of hydrogen-bond donors (Lipinski definition) is 2. The Morgan fingerprint density at radius 2 is 1.79 bits per heavy atom. The minimum atomic E-state index is 0.0436. The summed E-state index contributed by atoms with van der Waals surface area (Å²) in [6, 6.07) is 9.90. The van der Waals surface area contributed by atoms with Gasteiger partial charge in [0.05, 0.1) is 6.54 Å². The number of rotatable bonds is 6. The lowest BCUT2D eigenvalue weighted by Gasteiger charge is -2.21. The van der Waals surface area contributed by atoms with Crippen molar-refractivity contribution in [3.63, 3.8) is 0 Å². The van der Waals surface area contributed by atoms with Gasteiger partial charge in [0.1, 0.15) is 0 Å². The number of likely N-dealkylation sites (N-methyl/N-ethyl adjacent to an activating group) is 1. The van der Waals surface area contributed by atoms with Crippen LogP contribution in [0.4, 0.5) is 5.69 Å². The van der Waals surface area contributed by atoms with Crippen LogP contribution in [0, 0.1) is 0 Å². The second kappa shape index (κ2) is 7.14. The summed E-state index contributed by atoms with van der Waals surface area (Å²) in [4.78, 5) is 13.7. The Balaban J connectivity index is 2.24. The van der Waals surface area contributed by atoms with Gasteiger partial charge in [0.15, 0.2) is 0 Å². The molecule has 4 heteroatoms. The molecule has 0 bridgehead atoms. The molecule has 0 heterocycles. The summed E-state index contributed by atoms with van der Waals surface area (Å²) in [5.41, 5.74) is 1.14. The molecule has 0 saturated carbocycles. The molecule has 4 nitrogen and oxygen atoms in total. The normalized spacial score (nSPS) is 11.2. The lowest BCUT2D eigenvalue weighted by atomic mass is 10.1. The predicted octanol–water partition coefficient (Wildman–Crippen LogP) is 1.63. The Bertz CT molecular complexity index is 384. The van der Waals surface area contributed by atoms with E-state index in [0.29, 0.717) is 13.1 Å². The lowest BCUT2D eigenvalue weighted by Crippen LogP contribution is -2.43. The molecular formula is C15H25N3O. The van der Waals surface area contributed by atoms with E-state index in [0.717, 1.165) is 12.2 Å². The fourth-order valence-electron chi connectivity index (χ4n) is 1.68. The molecule has 0 unspecified atom stereocenters. The molecule has 1 aromatic rings. The Hall–Kier alpha value is -1.55. The van der Waals surface area contributed by atoms with Crippen molar-refractivity contribution in [3.8, 4) is 0 Å². The quantitative estimate of drug-likeness (QED) is 0.767. The zero-order valence-corrected chi connectivity index (χ0v) is 12.4. The Kier molecular flexibility index (Phi) is 5.83. The van der Waals surface area contributed by atoms with Crippen molar-refractivity contribution in [1.29, 1.82) is 0 Å². The van der Waals surface area contributed by atoms with Crippen molar-refractivity contribution in [2.45, 2.75) is 26.3 Å². The molecular weight excluding hydrogens is 238 g/mol. The summed E-state index contributed by atoms with van der Waals surface area (Å²) >= 11 is 0. The van der Waals surface area contributed by atoms with Gasteiger partial charge in [0.2, 0.25) is 5.91 Å². The van der Waals surface area contributed by atoms with E-state index in [4.69, 9.17) is 0 Å². The van der Waals surface area contributed by atoms with Crippen LogP contribution in [0.15, 0.2) is 30.3 Å². The number of hydrogen-bond acceptors (Lipinski definition) is 3. The summed E-state index contributed by atoms with van der Waals surface area (Å²) < 4.78 is 0. The Morgan fingerprint density at radius 3 is 2.37 bits per heavy atom. The molecule has 0 fully saturated rings. The molecule has 1 amide bonds. The molecule has 0 saturated heterocycles. The van der Waals surface area contributed by atoms with Gasteiger partial charge in [0.25, 0.3) is 0 Å². The van der Waals surface area contributed by atoms with Crippen LogP contribution in [0.2, 0.25) is 0 Å². The highest BCUT2D eigenvalue weighted by Crippen LogP contribution is 2.09. The first kappa shape index (κ1) is 15.5. The molecule has 0 aromatic heterocycles. The second-order valence-corrected chi connectivity index (χ2v) is 5.72. The standard InChI is InChI=1S/C15H25N3O/c1-15(2,3)17-11-10-16-14(19)12-18(4)13-8-6-5-7-9-13/h5-9,17H,10-12H2,1-4H3,(H,16,19). The molecule has 0 aliphatic rings. The van der Waals surface area contributed by atoms with Crippen LogP contribution < -0.4 is 15.5 Å². The molecule has 0 aliphatic heterocycles. The second-order valence-electron chi connectivity index (χ2n) is 5.72. The Morgan fingerprint density at radius 1 is 1.16 bits per heavy atom. The molecule has 2 N–H and O–H groups in total. The summed E-state index contributed by atoms with van der Waals surface area (Å²) in [6.07, 6.45) is 0. The van der Waals surface area contributed by atoms with Gasteiger partial charge in [0, 0.05) is 31.4 Å². The summed E-state index contributed by atoms with van der Waals surface area (Å²) in [5.74, 6) is 0.0436. The number of nitrogens with one attached hydrogen (secondary N) is 2. The van der Waals surface area contributed by atoms with Crippen LogP contribution in [0.5, 0.6) is 0 Å². The largest absolute Gasteiger partial charge is 0.365 e. The van der Waals surface area contributed by atoms with Crippen LogP contribution in [0.3, 0.4) is 0 Å². The van der Waals surface area contributed by atoms with E-state index < -0.39 is 0 Å². The van der Waals surface area contributed by atoms with Gasteiger partial charge in [-0.3, -0.25) is 4.79 Å². The first-order valence-electron chi connectivity index (χ1n) is 6.66. The summed E-state index contributed by atoms with van der Waals surface area (Å²) in [7, 11) is 1.92. The van der Waals surface area contributed by atoms with E-state index in [9.17, 15) is 4.79 Å². The van der Waals surface area contributed by atoms with E-state index >= 15 is 0 Å². The summed E-state index contributed by atoms with van der Waals surface area (Å²) in [6.45, 7) is 8.14. The van der Waals surface area contributed by atoms with Gasteiger partial charge >= 0.3 is 0 Å². The molecule has 1 rings (SSSR count). The van der Waals surface area contributed by atoms with Crippen molar-refractivity contribution < 1.29 is 4.79 Å². The smallest absolute Gasteiger partial charge is 0.239 e. The van der Waals surface area contributed by atoms with Crippen LogP contribution in [0.25, 0.3) is 0 Å². The number of benzene rings is 1. The lowest BCUT2D eigenvalue weighted by molar-refractivity contribution is -0.119. The van der Waals surface area contributed by atoms with E-state index in [1.807, 2.05) is 42.3 Å². The maximum absolute atomic E-state index is 11.8. The van der Waals surface area contributed by atoms with Gasteiger partial charge in [-0.15, -0.1) is 0 Å². The van der Waals surface area contributed by atoms with Crippen LogP contribution >= 0.6 is 0 Å². The van der Waals surface area contributed by atoms with E-state index in [-0.39, 0.29) is 11.4 Å².